The van der Waals surface area contributed by atoms with Gasteiger partial charge in [-0.25, -0.2) is 4.79 Å². The monoisotopic (exact) mass is 883 g/mol. The highest BCUT2D eigenvalue weighted by atomic mass is 32.3. The number of phenolic OH excluding ortho intramolecular Hbond substituents is 2. The highest BCUT2D eigenvalue weighted by Gasteiger charge is 2.88. The maximum absolute atomic E-state index is 12.9. The maximum Gasteiger partial charge on any atom is 0.394 e. The number of unbranched alkanes of at least 4 members (excludes halogenated alkanes) is 3. The van der Waals surface area contributed by atoms with E-state index in [2.05, 4.69) is 18.7 Å². The van der Waals surface area contributed by atoms with E-state index in [-0.39, 0.29) is 36.9 Å². The number of aromatic hydroxyl groups is 2. The molecule has 3 heterocycles. The fourth-order valence-corrected chi connectivity index (χ4v) is 13.3. The lowest BCUT2D eigenvalue weighted by atomic mass is 9.49. The van der Waals surface area contributed by atoms with E-state index in [1.54, 1.807) is 39.0 Å². The number of hydrogen-bond donors (Lipinski definition) is 10. The molecular weight excluding hydrogens is 815 g/mol. The molecule has 0 radical (unpaired) electrons. The molecule has 3 saturated heterocycles. The Morgan fingerprint density at radius 3 is 2.21 bits per heavy atom. The molecule has 7 fully saturated rings. The second kappa shape index (κ2) is 16.5. The molecule has 16 nitrogen and oxygen atoms in total. The minimum absolute atomic E-state index is 0.0606. The molecule has 1 aromatic carbocycles. The topological polar surface area (TPSA) is 275 Å². The number of rotatable bonds is 7. The van der Waals surface area contributed by atoms with Crippen molar-refractivity contribution in [3.63, 3.8) is 0 Å². The van der Waals surface area contributed by atoms with Crippen LogP contribution in [0.1, 0.15) is 124 Å². The van der Waals surface area contributed by atoms with Crippen LogP contribution in [0.3, 0.4) is 0 Å². The first-order chi connectivity index (χ1) is 28.2. The van der Waals surface area contributed by atoms with Gasteiger partial charge in [0.2, 0.25) is 5.79 Å². The van der Waals surface area contributed by atoms with Crippen molar-refractivity contribution < 1.29 is 72.6 Å². The van der Waals surface area contributed by atoms with Crippen molar-refractivity contribution in [2.75, 3.05) is 13.1 Å². The summed E-state index contributed by atoms with van der Waals surface area (Å²) in [5, 5.41) is 92.5. The van der Waals surface area contributed by atoms with Gasteiger partial charge in [0.1, 0.15) is 33.9 Å². The van der Waals surface area contributed by atoms with E-state index >= 15 is 0 Å². The minimum atomic E-state index is -4.67. The fraction of sp³-hybridized carbons (Fsp3) is 0.795. The van der Waals surface area contributed by atoms with Crippen LogP contribution in [0.15, 0.2) is 29.8 Å². The predicted molar refractivity (Wildman–Crippen MR) is 221 cm³/mol. The number of hydrogen-bond acceptors (Lipinski definition) is 14. The van der Waals surface area contributed by atoms with Crippen molar-refractivity contribution in [1.29, 1.82) is 0 Å². The van der Waals surface area contributed by atoms with Crippen LogP contribution in [-0.4, -0.2) is 134 Å². The molecule has 14 atom stereocenters. The summed E-state index contributed by atoms with van der Waals surface area (Å²) in [5.41, 5.74) is -8.03. The number of nitrogens with zero attached hydrogens (tertiary/aromatic N) is 1. The maximum atomic E-state index is 12.9. The first-order valence-electron chi connectivity index (χ1n) is 22.0. The molecule has 0 amide bonds. The van der Waals surface area contributed by atoms with Gasteiger partial charge in [-0.2, -0.15) is 8.42 Å². The van der Waals surface area contributed by atoms with Gasteiger partial charge in [-0.1, -0.05) is 52.2 Å². The number of esters is 1. The number of fused-ring (bicyclic) bond motifs is 5. The number of aliphatic hydroxyl groups is 6. The van der Waals surface area contributed by atoms with Crippen LogP contribution >= 0.6 is 0 Å². The summed E-state index contributed by atoms with van der Waals surface area (Å²) in [5.74, 6) is -3.71. The van der Waals surface area contributed by atoms with E-state index in [4.69, 9.17) is 32.1 Å². The zero-order valence-corrected chi connectivity index (χ0v) is 37.1. The van der Waals surface area contributed by atoms with Gasteiger partial charge in [-0.3, -0.25) is 14.0 Å². The number of aliphatic hydroxyl groups excluding tert-OH is 1. The molecule has 346 valence electrons. The second-order valence-electron chi connectivity index (χ2n) is 19.7. The Kier molecular flexibility index (Phi) is 13.0. The van der Waals surface area contributed by atoms with Crippen LogP contribution in [0.25, 0.3) is 0 Å². The Hall–Kier alpha value is -2.42. The van der Waals surface area contributed by atoms with E-state index in [1.807, 2.05) is 6.92 Å². The van der Waals surface area contributed by atoms with Gasteiger partial charge in [0, 0.05) is 66.8 Å². The van der Waals surface area contributed by atoms with Crippen molar-refractivity contribution >= 4 is 16.4 Å². The third-order valence-electron chi connectivity index (χ3n) is 16.4. The summed E-state index contributed by atoms with van der Waals surface area (Å²) in [4.78, 5) is 14.9. The van der Waals surface area contributed by atoms with Gasteiger partial charge < -0.3 is 50.3 Å². The third kappa shape index (κ3) is 7.64. The van der Waals surface area contributed by atoms with Crippen molar-refractivity contribution in [1.82, 2.24) is 4.90 Å². The Labute approximate surface area is 359 Å². The number of carbonyl (C=O) groups is 1. The Morgan fingerprint density at radius 2 is 1.59 bits per heavy atom. The van der Waals surface area contributed by atoms with Gasteiger partial charge in [0.15, 0.2) is 6.10 Å². The van der Waals surface area contributed by atoms with Gasteiger partial charge in [-0.15, -0.1) is 0 Å². The Balaban J connectivity index is 0.000000273. The van der Waals surface area contributed by atoms with Crippen molar-refractivity contribution in [3.8, 4) is 11.5 Å². The van der Waals surface area contributed by atoms with Gasteiger partial charge in [0.25, 0.3) is 0 Å². The summed E-state index contributed by atoms with van der Waals surface area (Å²) in [6.45, 7) is 12.2. The normalized spacial score (nSPS) is 44.8. The number of allylic oxidation sites excluding steroid dienone is 1. The molecular formula is C44H69NO15S. The van der Waals surface area contributed by atoms with E-state index in [9.17, 15) is 40.5 Å². The van der Waals surface area contributed by atoms with Crippen molar-refractivity contribution in [2.45, 2.75) is 177 Å². The van der Waals surface area contributed by atoms with Gasteiger partial charge in [0.05, 0.1) is 11.7 Å². The first kappa shape index (κ1) is 48.0. The SMILES string of the molecule is CC=C(C)C(=O)OC1CCC2(C)C3CCC4C5(O)CC(O)C6(O)C(CN7CC(C)CCC7C6(C)O)C5(O)CC42OC13O.CCCCCCc1ccc(O)cc1O.O=S(=O)(O)O. The quantitative estimate of drug-likeness (QED) is 0.0812. The molecule has 17 heteroatoms. The highest BCUT2D eigenvalue weighted by Crippen LogP contribution is 2.78. The molecule has 14 unspecified atom stereocenters. The summed E-state index contributed by atoms with van der Waals surface area (Å²) in [7, 11) is -4.67. The summed E-state index contributed by atoms with van der Waals surface area (Å²) in [6, 6.07) is 4.42. The van der Waals surface area contributed by atoms with E-state index < -0.39 is 85.5 Å². The third-order valence-corrected chi connectivity index (χ3v) is 16.4. The molecule has 3 aliphatic heterocycles. The highest BCUT2D eigenvalue weighted by molar-refractivity contribution is 7.79. The van der Waals surface area contributed by atoms with Crippen molar-refractivity contribution in [3.05, 3.63) is 35.4 Å². The summed E-state index contributed by atoms with van der Waals surface area (Å²) in [6.07, 6.45) is 7.97. The smallest absolute Gasteiger partial charge is 0.394 e. The molecule has 4 aliphatic carbocycles. The van der Waals surface area contributed by atoms with Crippen LogP contribution in [0.2, 0.25) is 0 Å². The van der Waals surface area contributed by atoms with Gasteiger partial charge >= 0.3 is 16.4 Å². The molecule has 1 spiro atoms. The zero-order chi connectivity index (χ0) is 45.4. The van der Waals surface area contributed by atoms with E-state index in [0.29, 0.717) is 50.1 Å². The first-order valence-corrected chi connectivity index (χ1v) is 23.4. The number of carbonyl (C=O) groups excluding carboxylic acids is 1. The van der Waals surface area contributed by atoms with E-state index in [1.165, 1.54) is 25.3 Å². The van der Waals surface area contributed by atoms with Gasteiger partial charge in [-0.05, 0) is 89.7 Å². The number of piperidine rings is 2. The zero-order valence-electron chi connectivity index (χ0n) is 36.3. The van der Waals surface area contributed by atoms with Crippen LogP contribution in [0, 0.1) is 29.1 Å². The molecule has 7 aliphatic rings. The lowest BCUT2D eigenvalue weighted by Crippen LogP contribution is -2.85. The van der Waals surface area contributed by atoms with E-state index in [0.717, 1.165) is 24.8 Å². The average molecular weight is 884 g/mol. The molecule has 4 saturated carbocycles. The summed E-state index contributed by atoms with van der Waals surface area (Å²) >= 11 is 0. The lowest BCUT2D eigenvalue weighted by Gasteiger charge is -2.68. The number of phenols is 2. The predicted octanol–water partition coefficient (Wildman–Crippen LogP) is 3.56. The van der Waals surface area contributed by atoms with Crippen LogP contribution in [0.5, 0.6) is 11.5 Å². The standard InChI is InChI=1S/C32H49NO9.C12H18O2.H2O4S/c1-6-18(3)25(35)41-24-11-12-26(4)19-8-9-20-28(37)13-23(34)31(39)21(29(28,38)16-30(20,26)42-32(19,24)40)15-33-14-17(2)7-10-22(33)27(31,5)36;1-2-3-4-5-6-10-7-8-11(13)9-12(10)14;1-5(2,3)4/h6,17,19-24,34,36-40H,7-16H2,1-5H3;7-9,13-14H,2-6H2,1H3;(H2,1,2,3,4). The number of aryl methyl sites for hydroxylation is 1. The molecule has 10 N–H and O–H groups in total. The van der Waals surface area contributed by atoms with Crippen LogP contribution < -0.4 is 0 Å². The summed E-state index contributed by atoms with van der Waals surface area (Å²) < 4.78 is 44.2. The average Bonchev–Trinajstić information content (AvgIpc) is 3.33. The van der Waals surface area contributed by atoms with Crippen molar-refractivity contribution in [2.24, 2.45) is 29.1 Å². The van der Waals surface area contributed by atoms with Crippen LogP contribution in [-0.2, 0) is 31.1 Å². The Bertz CT molecular complexity index is 1940. The lowest BCUT2D eigenvalue weighted by molar-refractivity contribution is -0.354. The molecule has 8 rings (SSSR count). The second-order valence-corrected chi connectivity index (χ2v) is 20.6. The largest absolute Gasteiger partial charge is 0.508 e. The molecule has 4 bridgehead atoms. The van der Waals surface area contributed by atoms with Crippen LogP contribution in [0.4, 0.5) is 0 Å². The molecule has 1 aromatic rings. The fourth-order valence-electron chi connectivity index (χ4n) is 13.3. The molecule has 61 heavy (non-hydrogen) atoms. The Morgan fingerprint density at radius 1 is 0.934 bits per heavy atom. The number of ether oxygens (including phenoxy) is 2. The minimum Gasteiger partial charge on any atom is -0.508 e. The number of benzene rings is 1. The molecule has 0 aromatic heterocycles.